The predicted molar refractivity (Wildman–Crippen MR) is 95.0 cm³/mol. The molecule has 3 rings (SSSR count). The topological polar surface area (TPSA) is 33.2 Å². The van der Waals surface area contributed by atoms with Gasteiger partial charge in [0.05, 0.1) is 16.0 Å². The normalized spacial score (nSPS) is 22.2. The highest BCUT2D eigenvalue weighted by atomic mass is 35.5. The number of carbonyl (C=O) groups excluding carboxylic acids is 1. The summed E-state index contributed by atoms with van der Waals surface area (Å²) in [5.74, 6) is 0.685. The van der Waals surface area contributed by atoms with Gasteiger partial charge < -0.3 is 4.90 Å². The molecule has 0 unspecified atom stereocenters. The SMILES string of the molecule is C[C@H]1CCC[C@H](C)N1C(=O)CSc1nc2cc(Cl)ccc2s1. The second-order valence-electron chi connectivity index (χ2n) is 5.81. The lowest BCUT2D eigenvalue weighted by Crippen LogP contribution is -2.48. The monoisotopic (exact) mass is 354 g/mol. The number of halogens is 1. The van der Waals surface area contributed by atoms with Gasteiger partial charge in [-0.2, -0.15) is 0 Å². The van der Waals surface area contributed by atoms with Gasteiger partial charge in [0.1, 0.15) is 0 Å². The molecule has 1 saturated heterocycles. The van der Waals surface area contributed by atoms with Gasteiger partial charge in [-0.05, 0) is 51.3 Å². The molecule has 2 aromatic rings. The van der Waals surface area contributed by atoms with E-state index in [2.05, 4.69) is 23.7 Å². The van der Waals surface area contributed by atoms with Gasteiger partial charge >= 0.3 is 0 Å². The number of benzene rings is 1. The van der Waals surface area contributed by atoms with E-state index in [-0.39, 0.29) is 5.91 Å². The molecule has 0 bridgehead atoms. The average molecular weight is 355 g/mol. The van der Waals surface area contributed by atoms with E-state index in [4.69, 9.17) is 11.6 Å². The van der Waals surface area contributed by atoms with E-state index in [0.717, 1.165) is 27.4 Å². The smallest absolute Gasteiger partial charge is 0.233 e. The minimum atomic E-state index is 0.224. The number of amides is 1. The fraction of sp³-hybridized carbons (Fsp3) is 0.500. The number of piperidine rings is 1. The van der Waals surface area contributed by atoms with Crippen molar-refractivity contribution in [1.82, 2.24) is 9.88 Å². The van der Waals surface area contributed by atoms with Gasteiger partial charge in [0.25, 0.3) is 0 Å². The summed E-state index contributed by atoms with van der Waals surface area (Å²) in [6, 6.07) is 6.43. The summed E-state index contributed by atoms with van der Waals surface area (Å²) in [4.78, 5) is 19.1. The molecule has 6 heteroatoms. The number of thioether (sulfide) groups is 1. The van der Waals surface area contributed by atoms with Gasteiger partial charge in [-0.25, -0.2) is 4.98 Å². The first-order valence-corrected chi connectivity index (χ1v) is 9.72. The maximum atomic E-state index is 12.5. The number of nitrogens with zero attached hydrogens (tertiary/aromatic N) is 2. The second-order valence-corrected chi connectivity index (χ2v) is 8.50. The van der Waals surface area contributed by atoms with Crippen molar-refractivity contribution in [1.29, 1.82) is 0 Å². The molecule has 1 aliphatic rings. The number of thiazole rings is 1. The van der Waals surface area contributed by atoms with Crippen molar-refractivity contribution in [2.24, 2.45) is 0 Å². The van der Waals surface area contributed by atoms with Gasteiger partial charge in [0.15, 0.2) is 4.34 Å². The quantitative estimate of drug-likeness (QED) is 0.740. The van der Waals surface area contributed by atoms with Crippen LogP contribution in [-0.4, -0.2) is 33.6 Å². The van der Waals surface area contributed by atoms with Crippen LogP contribution in [0.5, 0.6) is 0 Å². The first-order chi connectivity index (χ1) is 10.5. The third kappa shape index (κ3) is 3.42. The van der Waals surface area contributed by atoms with E-state index in [9.17, 15) is 4.79 Å². The highest BCUT2D eigenvalue weighted by Gasteiger charge is 2.28. The van der Waals surface area contributed by atoms with Crippen LogP contribution in [0.2, 0.25) is 5.02 Å². The molecule has 0 radical (unpaired) electrons. The number of hydrogen-bond donors (Lipinski definition) is 0. The first-order valence-electron chi connectivity index (χ1n) is 7.54. The lowest BCUT2D eigenvalue weighted by Gasteiger charge is -2.39. The average Bonchev–Trinajstić information content (AvgIpc) is 2.87. The van der Waals surface area contributed by atoms with Crippen molar-refractivity contribution in [3.8, 4) is 0 Å². The molecular formula is C16H19ClN2OS2. The van der Waals surface area contributed by atoms with Gasteiger partial charge in [-0.3, -0.25) is 4.79 Å². The number of fused-ring (bicyclic) bond motifs is 1. The zero-order chi connectivity index (χ0) is 15.7. The summed E-state index contributed by atoms with van der Waals surface area (Å²) in [6.45, 7) is 4.30. The number of carbonyl (C=O) groups is 1. The molecule has 22 heavy (non-hydrogen) atoms. The third-order valence-electron chi connectivity index (χ3n) is 4.13. The van der Waals surface area contributed by atoms with Crippen molar-refractivity contribution in [2.45, 2.75) is 49.5 Å². The van der Waals surface area contributed by atoms with E-state index in [0.29, 0.717) is 22.9 Å². The van der Waals surface area contributed by atoms with E-state index in [1.165, 1.54) is 18.2 Å². The Morgan fingerprint density at radius 3 is 2.86 bits per heavy atom. The van der Waals surface area contributed by atoms with Crippen LogP contribution in [0.4, 0.5) is 0 Å². The molecule has 0 saturated carbocycles. The minimum absolute atomic E-state index is 0.224. The predicted octanol–water partition coefficient (Wildman–Crippen LogP) is 4.83. The second kappa shape index (κ2) is 6.77. The molecule has 1 aromatic heterocycles. The van der Waals surface area contributed by atoms with E-state index >= 15 is 0 Å². The molecule has 2 heterocycles. The van der Waals surface area contributed by atoms with Crippen LogP contribution >= 0.6 is 34.7 Å². The summed E-state index contributed by atoms with van der Waals surface area (Å²) in [6.07, 6.45) is 3.44. The van der Waals surface area contributed by atoms with Gasteiger partial charge in [0, 0.05) is 17.1 Å². The van der Waals surface area contributed by atoms with Crippen LogP contribution in [-0.2, 0) is 4.79 Å². The standard InChI is InChI=1S/C16H19ClN2OS2/c1-10-4-3-5-11(2)19(10)15(20)9-21-16-18-13-8-12(17)6-7-14(13)22-16/h6-8,10-11H,3-5,9H2,1-2H3/t10-,11-/m0/s1. The summed E-state index contributed by atoms with van der Waals surface area (Å²) < 4.78 is 2.04. The Labute approximate surface area is 144 Å². The molecule has 0 spiro atoms. The first kappa shape index (κ1) is 16.1. The summed E-state index contributed by atoms with van der Waals surface area (Å²) >= 11 is 9.14. The van der Waals surface area contributed by atoms with Crippen LogP contribution in [0.15, 0.2) is 22.5 Å². The zero-order valence-corrected chi connectivity index (χ0v) is 15.1. The third-order valence-corrected chi connectivity index (χ3v) is 6.53. The molecule has 0 N–H and O–H groups in total. The Kier molecular flexibility index (Phi) is 4.95. The van der Waals surface area contributed by atoms with Gasteiger partial charge in [-0.1, -0.05) is 23.4 Å². The Morgan fingerprint density at radius 2 is 2.14 bits per heavy atom. The number of likely N-dealkylation sites (tertiary alicyclic amines) is 1. The van der Waals surface area contributed by atoms with Crippen LogP contribution < -0.4 is 0 Å². The Balaban J connectivity index is 1.66. The highest BCUT2D eigenvalue weighted by molar-refractivity contribution is 8.01. The van der Waals surface area contributed by atoms with E-state index in [1.54, 1.807) is 11.3 Å². The van der Waals surface area contributed by atoms with Crippen LogP contribution in [0.1, 0.15) is 33.1 Å². The highest BCUT2D eigenvalue weighted by Crippen LogP contribution is 2.32. The van der Waals surface area contributed by atoms with Gasteiger partial charge in [-0.15, -0.1) is 11.3 Å². The fourth-order valence-corrected chi connectivity index (χ4v) is 5.14. The molecule has 1 amide bonds. The van der Waals surface area contributed by atoms with Crippen molar-refractivity contribution >= 4 is 50.8 Å². The van der Waals surface area contributed by atoms with Crippen LogP contribution in [0.25, 0.3) is 10.2 Å². The molecule has 118 valence electrons. The maximum Gasteiger partial charge on any atom is 0.233 e. The van der Waals surface area contributed by atoms with Crippen molar-refractivity contribution in [3.63, 3.8) is 0 Å². The maximum absolute atomic E-state index is 12.5. The molecular weight excluding hydrogens is 336 g/mol. The van der Waals surface area contributed by atoms with Crippen molar-refractivity contribution in [2.75, 3.05) is 5.75 Å². The van der Waals surface area contributed by atoms with Crippen LogP contribution in [0, 0.1) is 0 Å². The van der Waals surface area contributed by atoms with E-state index in [1.807, 2.05) is 18.2 Å². The minimum Gasteiger partial charge on any atom is -0.337 e. The molecule has 1 aromatic carbocycles. The molecule has 1 fully saturated rings. The molecule has 2 atom stereocenters. The Hall–Kier alpha value is -0.780. The number of hydrogen-bond acceptors (Lipinski definition) is 4. The fourth-order valence-electron chi connectivity index (χ4n) is 3.05. The lowest BCUT2D eigenvalue weighted by atomic mass is 9.98. The molecule has 0 aliphatic carbocycles. The summed E-state index contributed by atoms with van der Waals surface area (Å²) in [7, 11) is 0. The lowest BCUT2D eigenvalue weighted by molar-refractivity contribution is -0.134. The zero-order valence-electron chi connectivity index (χ0n) is 12.7. The number of rotatable bonds is 3. The Morgan fingerprint density at radius 1 is 1.41 bits per heavy atom. The largest absolute Gasteiger partial charge is 0.337 e. The van der Waals surface area contributed by atoms with Gasteiger partial charge in [0.2, 0.25) is 5.91 Å². The molecule has 1 aliphatic heterocycles. The summed E-state index contributed by atoms with van der Waals surface area (Å²) in [5.41, 5.74) is 0.909. The van der Waals surface area contributed by atoms with Crippen LogP contribution in [0.3, 0.4) is 0 Å². The Bertz CT molecular complexity index is 678. The van der Waals surface area contributed by atoms with E-state index < -0.39 is 0 Å². The number of aromatic nitrogens is 1. The van der Waals surface area contributed by atoms with Crippen molar-refractivity contribution < 1.29 is 4.79 Å². The molecule has 3 nitrogen and oxygen atoms in total. The van der Waals surface area contributed by atoms with Crippen molar-refractivity contribution in [3.05, 3.63) is 23.2 Å². The summed E-state index contributed by atoms with van der Waals surface area (Å²) in [5, 5.41) is 0.696.